The van der Waals surface area contributed by atoms with E-state index in [0.29, 0.717) is 19.6 Å². The van der Waals surface area contributed by atoms with Crippen LogP contribution in [-0.4, -0.2) is 51.2 Å². The molecule has 1 N–H and O–H groups in total. The number of aryl methyl sites for hydroxylation is 1. The third-order valence-corrected chi connectivity index (χ3v) is 4.03. The second kappa shape index (κ2) is 13.3. The molecule has 0 amide bonds. The zero-order valence-electron chi connectivity index (χ0n) is 15.0. The normalized spacial score (nSPS) is 13.8. The van der Waals surface area contributed by atoms with Crippen molar-refractivity contribution in [2.45, 2.75) is 44.6 Å². The molecule has 0 saturated heterocycles. The van der Waals surface area contributed by atoms with Gasteiger partial charge in [0.25, 0.3) is 0 Å². The number of ether oxygens (including phenoxy) is 4. The van der Waals surface area contributed by atoms with Gasteiger partial charge in [0.05, 0.1) is 18.8 Å². The molecule has 1 aromatic carbocycles. The number of hydrogen-bond acceptors (Lipinski definition) is 5. The van der Waals surface area contributed by atoms with Gasteiger partial charge in [-0.1, -0.05) is 43.7 Å². The van der Waals surface area contributed by atoms with Crippen LogP contribution in [0.1, 0.15) is 38.2 Å². The van der Waals surface area contributed by atoms with E-state index in [0.717, 1.165) is 25.7 Å². The Balaban J connectivity index is 2.45. The number of hydrogen-bond donors (Lipinski definition) is 1. The van der Waals surface area contributed by atoms with Crippen LogP contribution in [0.3, 0.4) is 0 Å². The first-order valence-electron chi connectivity index (χ1n) is 8.69. The van der Waals surface area contributed by atoms with E-state index in [1.165, 1.54) is 5.56 Å². The van der Waals surface area contributed by atoms with Crippen LogP contribution in [0.2, 0.25) is 0 Å². The van der Waals surface area contributed by atoms with Crippen molar-refractivity contribution < 1.29 is 24.1 Å². The van der Waals surface area contributed by atoms with Crippen molar-refractivity contribution >= 4 is 0 Å². The molecule has 0 aliphatic heterocycles. The van der Waals surface area contributed by atoms with Crippen LogP contribution in [0.4, 0.5) is 0 Å². The van der Waals surface area contributed by atoms with Crippen LogP contribution < -0.4 is 0 Å². The average Bonchev–Trinajstić information content (AvgIpc) is 2.61. The number of benzene rings is 1. The van der Waals surface area contributed by atoms with Crippen LogP contribution in [0.15, 0.2) is 30.3 Å². The highest BCUT2D eigenvalue weighted by molar-refractivity contribution is 5.15. The van der Waals surface area contributed by atoms with Gasteiger partial charge < -0.3 is 24.1 Å². The molecule has 1 aromatic rings. The third kappa shape index (κ3) is 8.76. The van der Waals surface area contributed by atoms with Gasteiger partial charge in [-0.2, -0.15) is 0 Å². The van der Waals surface area contributed by atoms with Crippen LogP contribution in [-0.2, 0) is 25.4 Å². The Kier molecular flexibility index (Phi) is 11.7. The van der Waals surface area contributed by atoms with Crippen molar-refractivity contribution in [3.05, 3.63) is 35.9 Å². The molecule has 138 valence electrons. The van der Waals surface area contributed by atoms with E-state index in [1.54, 1.807) is 7.11 Å². The molecule has 0 heterocycles. The van der Waals surface area contributed by atoms with Gasteiger partial charge in [0.15, 0.2) is 0 Å². The number of aliphatic hydroxyl groups is 1. The van der Waals surface area contributed by atoms with Crippen molar-refractivity contribution in [1.82, 2.24) is 0 Å². The molecule has 0 bridgehead atoms. The Hall–Kier alpha value is -0.980. The first-order valence-corrected chi connectivity index (χ1v) is 8.69. The van der Waals surface area contributed by atoms with Crippen molar-refractivity contribution in [2.24, 2.45) is 0 Å². The van der Waals surface area contributed by atoms with E-state index < -0.39 is 0 Å². The molecule has 0 aromatic heterocycles. The maximum Gasteiger partial charge on any atom is 0.150 e. The van der Waals surface area contributed by atoms with Crippen molar-refractivity contribution in [2.75, 3.05) is 40.5 Å². The van der Waals surface area contributed by atoms with Gasteiger partial charge in [0.1, 0.15) is 13.6 Å². The van der Waals surface area contributed by atoms with E-state index in [2.05, 4.69) is 19.1 Å². The molecule has 5 heteroatoms. The molecule has 5 nitrogen and oxygen atoms in total. The van der Waals surface area contributed by atoms with E-state index >= 15 is 0 Å². The Labute approximate surface area is 145 Å². The fourth-order valence-electron chi connectivity index (χ4n) is 2.73. The van der Waals surface area contributed by atoms with Crippen molar-refractivity contribution in [3.63, 3.8) is 0 Å². The van der Waals surface area contributed by atoms with E-state index in [4.69, 9.17) is 18.9 Å². The van der Waals surface area contributed by atoms with E-state index in [-0.39, 0.29) is 25.8 Å². The molecule has 1 rings (SSSR count). The molecule has 0 saturated carbocycles. The van der Waals surface area contributed by atoms with E-state index in [9.17, 15) is 5.11 Å². The summed E-state index contributed by atoms with van der Waals surface area (Å²) in [5.74, 6) is 0. The zero-order valence-corrected chi connectivity index (χ0v) is 15.0. The van der Waals surface area contributed by atoms with Crippen LogP contribution >= 0.6 is 0 Å². The van der Waals surface area contributed by atoms with Gasteiger partial charge in [-0.15, -0.1) is 0 Å². The highest BCUT2D eigenvalue weighted by Crippen LogP contribution is 2.28. The lowest BCUT2D eigenvalue weighted by atomic mass is 9.87. The minimum atomic E-state index is -0.355. The van der Waals surface area contributed by atoms with Crippen molar-refractivity contribution in [1.29, 1.82) is 0 Å². The van der Waals surface area contributed by atoms with Gasteiger partial charge in [-0.3, -0.25) is 0 Å². The van der Waals surface area contributed by atoms with Crippen LogP contribution in [0.5, 0.6) is 0 Å². The van der Waals surface area contributed by atoms with Gasteiger partial charge in [-0.25, -0.2) is 0 Å². The fourth-order valence-corrected chi connectivity index (χ4v) is 2.73. The molecule has 0 radical (unpaired) electrons. The summed E-state index contributed by atoms with van der Waals surface area (Å²) in [6.45, 7) is 3.64. The standard InChI is InChI=1S/C19H32O5/c1-3-10-19(12-13-20,11-9-18-7-5-4-6-8-18)24-17-23-16-22-15-14-21-2/h4-8,20H,3,9-17H2,1-2H3/t19-/m1/s1. The second-order valence-corrected chi connectivity index (χ2v) is 5.88. The Morgan fingerprint density at radius 3 is 2.42 bits per heavy atom. The summed E-state index contributed by atoms with van der Waals surface area (Å²) in [5, 5.41) is 9.47. The van der Waals surface area contributed by atoms with Crippen molar-refractivity contribution in [3.8, 4) is 0 Å². The molecule has 24 heavy (non-hydrogen) atoms. The molecule has 1 atom stereocenters. The predicted octanol–water partition coefficient (Wildman–Crippen LogP) is 3.15. The van der Waals surface area contributed by atoms with E-state index in [1.807, 2.05) is 18.2 Å². The van der Waals surface area contributed by atoms with Gasteiger partial charge in [0.2, 0.25) is 0 Å². The van der Waals surface area contributed by atoms with Gasteiger partial charge in [0, 0.05) is 13.7 Å². The summed E-state index contributed by atoms with van der Waals surface area (Å²) in [6.07, 6.45) is 4.29. The highest BCUT2D eigenvalue weighted by Gasteiger charge is 2.29. The van der Waals surface area contributed by atoms with Crippen LogP contribution in [0.25, 0.3) is 0 Å². The number of aliphatic hydroxyl groups excluding tert-OH is 1. The molecule has 0 fully saturated rings. The molecular formula is C19H32O5. The molecular weight excluding hydrogens is 308 g/mol. The SMILES string of the molecule is CCC[C@](CCO)(CCc1ccccc1)OCOCOCCOC. The quantitative estimate of drug-likeness (QED) is 0.393. The second-order valence-electron chi connectivity index (χ2n) is 5.88. The lowest BCUT2D eigenvalue weighted by Crippen LogP contribution is -2.35. The maximum atomic E-state index is 9.47. The lowest BCUT2D eigenvalue weighted by molar-refractivity contribution is -0.191. The molecule has 0 aliphatic rings. The third-order valence-electron chi connectivity index (χ3n) is 4.03. The summed E-state index contributed by atoms with van der Waals surface area (Å²) in [7, 11) is 1.63. The Bertz CT molecular complexity index is 390. The summed E-state index contributed by atoms with van der Waals surface area (Å²) in [4.78, 5) is 0. The zero-order chi connectivity index (χ0) is 17.5. The maximum absolute atomic E-state index is 9.47. The smallest absolute Gasteiger partial charge is 0.150 e. The Morgan fingerprint density at radius 1 is 0.958 bits per heavy atom. The predicted molar refractivity (Wildman–Crippen MR) is 93.8 cm³/mol. The fraction of sp³-hybridized carbons (Fsp3) is 0.684. The molecule has 0 spiro atoms. The Morgan fingerprint density at radius 2 is 1.75 bits per heavy atom. The number of rotatable bonds is 15. The highest BCUT2D eigenvalue weighted by atomic mass is 16.7. The monoisotopic (exact) mass is 340 g/mol. The van der Waals surface area contributed by atoms with Crippen LogP contribution in [0, 0.1) is 0 Å². The summed E-state index contributed by atoms with van der Waals surface area (Å²) in [5.41, 5.74) is 0.926. The number of methoxy groups -OCH3 is 1. The topological polar surface area (TPSA) is 57.2 Å². The summed E-state index contributed by atoms with van der Waals surface area (Å²) >= 11 is 0. The lowest BCUT2D eigenvalue weighted by Gasteiger charge is -2.33. The van der Waals surface area contributed by atoms with Gasteiger partial charge in [-0.05, 0) is 31.2 Å². The average molecular weight is 340 g/mol. The molecule has 0 aliphatic carbocycles. The first kappa shape index (κ1) is 21.1. The van der Waals surface area contributed by atoms with Gasteiger partial charge >= 0.3 is 0 Å². The minimum Gasteiger partial charge on any atom is -0.396 e. The summed E-state index contributed by atoms with van der Waals surface area (Å²) < 4.78 is 21.6. The largest absolute Gasteiger partial charge is 0.396 e. The first-order chi connectivity index (χ1) is 11.8. The molecule has 0 unspecified atom stereocenters. The minimum absolute atomic E-state index is 0.110. The summed E-state index contributed by atoms with van der Waals surface area (Å²) in [6, 6.07) is 10.4.